The molecule has 106 valence electrons. The summed E-state index contributed by atoms with van der Waals surface area (Å²) in [5.41, 5.74) is 1.17. The van der Waals surface area contributed by atoms with Gasteiger partial charge in [0.2, 0.25) is 5.95 Å². The van der Waals surface area contributed by atoms with E-state index in [0.29, 0.717) is 6.04 Å². The number of imidazole rings is 1. The Bertz CT molecular complexity index is 408. The van der Waals surface area contributed by atoms with E-state index in [9.17, 15) is 0 Å². The topological polar surface area (TPSA) is 33.1 Å². The number of nitrogens with one attached hydrogen (secondary N) is 1. The molecule has 1 aromatic rings. The van der Waals surface area contributed by atoms with Crippen molar-refractivity contribution in [2.24, 2.45) is 0 Å². The first-order chi connectivity index (χ1) is 9.30. The lowest BCUT2D eigenvalue weighted by atomic mass is 10.0. The minimum Gasteiger partial charge on any atom is -0.338 e. The Kier molecular flexibility index (Phi) is 5.02. The van der Waals surface area contributed by atoms with Gasteiger partial charge in [0.15, 0.2) is 0 Å². The maximum absolute atomic E-state index is 4.82. The summed E-state index contributed by atoms with van der Waals surface area (Å²) in [7, 11) is 2.03. The van der Waals surface area contributed by atoms with E-state index in [2.05, 4.69) is 34.5 Å². The Balaban J connectivity index is 2.26. The number of nitrogens with zero attached hydrogens (tertiary/aromatic N) is 3. The summed E-state index contributed by atoms with van der Waals surface area (Å²) in [6.45, 7) is 8.99. The van der Waals surface area contributed by atoms with Crippen LogP contribution in [0.3, 0.4) is 0 Å². The highest BCUT2D eigenvalue weighted by Crippen LogP contribution is 2.24. The molecule has 1 fully saturated rings. The van der Waals surface area contributed by atoms with Crippen LogP contribution in [0.1, 0.15) is 31.9 Å². The van der Waals surface area contributed by atoms with E-state index in [1.807, 2.05) is 13.1 Å². The molecule has 0 aliphatic carbocycles. The average molecular weight is 262 g/mol. The Morgan fingerprint density at radius 1 is 1.53 bits per heavy atom. The fraction of sp³-hybridized carbons (Fsp3) is 0.667. The summed E-state index contributed by atoms with van der Waals surface area (Å²) in [6.07, 6.45) is 8.95. The van der Waals surface area contributed by atoms with Crippen molar-refractivity contribution >= 4 is 5.95 Å². The molecule has 0 radical (unpaired) electrons. The van der Waals surface area contributed by atoms with Crippen LogP contribution in [-0.2, 0) is 13.0 Å². The van der Waals surface area contributed by atoms with Gasteiger partial charge in [0.25, 0.3) is 0 Å². The van der Waals surface area contributed by atoms with Crippen molar-refractivity contribution < 1.29 is 0 Å². The standard InChI is InChI=1S/C15H26N4/c1-4-9-18-12-13(5-2)17-15(18)19-10-7-6-8-14(19)11-16-3/h4,12,14,16H,1,5-11H2,2-3H3. The summed E-state index contributed by atoms with van der Waals surface area (Å²) in [4.78, 5) is 7.29. The minimum absolute atomic E-state index is 0.564. The highest BCUT2D eigenvalue weighted by Gasteiger charge is 2.25. The van der Waals surface area contributed by atoms with E-state index in [1.54, 1.807) is 0 Å². The maximum atomic E-state index is 4.82. The van der Waals surface area contributed by atoms with Gasteiger partial charge >= 0.3 is 0 Å². The molecule has 2 heterocycles. The summed E-state index contributed by atoms with van der Waals surface area (Å²) in [6, 6.07) is 0.564. The third-order valence-corrected chi connectivity index (χ3v) is 3.82. The second kappa shape index (κ2) is 6.75. The number of aryl methyl sites for hydroxylation is 1. The van der Waals surface area contributed by atoms with Crippen molar-refractivity contribution in [3.63, 3.8) is 0 Å². The normalized spacial score (nSPS) is 19.7. The Morgan fingerprint density at radius 2 is 2.37 bits per heavy atom. The van der Waals surface area contributed by atoms with Gasteiger partial charge in [-0.3, -0.25) is 0 Å². The third kappa shape index (κ3) is 3.18. The van der Waals surface area contributed by atoms with Crippen LogP contribution in [0.25, 0.3) is 0 Å². The van der Waals surface area contributed by atoms with Crippen LogP contribution in [0.2, 0.25) is 0 Å². The van der Waals surface area contributed by atoms with Crippen LogP contribution in [0.15, 0.2) is 18.9 Å². The predicted molar refractivity (Wildman–Crippen MR) is 80.7 cm³/mol. The second-order valence-corrected chi connectivity index (χ2v) is 5.23. The summed E-state index contributed by atoms with van der Waals surface area (Å²) in [5.74, 6) is 1.12. The molecule has 19 heavy (non-hydrogen) atoms. The SMILES string of the molecule is C=CCn1cc(CC)nc1N1CCCCC1CNC. The lowest BCUT2D eigenvalue weighted by molar-refractivity contribution is 0.436. The van der Waals surface area contributed by atoms with Crippen LogP contribution in [-0.4, -0.2) is 35.7 Å². The summed E-state index contributed by atoms with van der Waals surface area (Å²) < 4.78 is 2.24. The fourth-order valence-electron chi connectivity index (χ4n) is 2.84. The second-order valence-electron chi connectivity index (χ2n) is 5.23. The first-order valence-electron chi connectivity index (χ1n) is 7.38. The van der Waals surface area contributed by atoms with Crippen LogP contribution in [0.4, 0.5) is 5.95 Å². The zero-order chi connectivity index (χ0) is 13.7. The van der Waals surface area contributed by atoms with E-state index in [4.69, 9.17) is 4.98 Å². The first-order valence-corrected chi connectivity index (χ1v) is 7.38. The average Bonchev–Trinajstić information content (AvgIpc) is 2.83. The lowest BCUT2D eigenvalue weighted by Gasteiger charge is -2.36. The van der Waals surface area contributed by atoms with Crippen molar-refractivity contribution in [1.82, 2.24) is 14.9 Å². The quantitative estimate of drug-likeness (QED) is 0.798. The number of likely N-dealkylation sites (N-methyl/N-ethyl adjacent to an activating group) is 1. The molecule has 1 N–H and O–H groups in total. The molecule has 0 spiro atoms. The van der Waals surface area contributed by atoms with Gasteiger partial charge < -0.3 is 14.8 Å². The van der Waals surface area contributed by atoms with Crippen LogP contribution < -0.4 is 10.2 Å². The number of allylic oxidation sites excluding steroid dienone is 1. The number of hydrogen-bond donors (Lipinski definition) is 1. The number of anilines is 1. The predicted octanol–water partition coefficient (Wildman–Crippen LogP) is 2.21. The van der Waals surface area contributed by atoms with Gasteiger partial charge in [0, 0.05) is 31.9 Å². The fourth-order valence-corrected chi connectivity index (χ4v) is 2.84. The molecule has 1 atom stereocenters. The molecule has 1 aliphatic heterocycles. The largest absolute Gasteiger partial charge is 0.338 e. The van der Waals surface area contributed by atoms with E-state index < -0.39 is 0 Å². The van der Waals surface area contributed by atoms with E-state index in [-0.39, 0.29) is 0 Å². The van der Waals surface area contributed by atoms with Gasteiger partial charge in [-0.2, -0.15) is 0 Å². The monoisotopic (exact) mass is 262 g/mol. The van der Waals surface area contributed by atoms with Gasteiger partial charge in [-0.25, -0.2) is 4.98 Å². The molecular formula is C15H26N4. The number of hydrogen-bond acceptors (Lipinski definition) is 3. The van der Waals surface area contributed by atoms with E-state index in [0.717, 1.165) is 32.0 Å². The molecule has 0 bridgehead atoms. The van der Waals surface area contributed by atoms with E-state index >= 15 is 0 Å². The van der Waals surface area contributed by atoms with Gasteiger partial charge in [-0.05, 0) is 32.7 Å². The molecule has 0 saturated carbocycles. The first kappa shape index (κ1) is 14.1. The molecule has 1 aromatic heterocycles. The molecule has 0 aromatic carbocycles. The van der Waals surface area contributed by atoms with Gasteiger partial charge in [0.05, 0.1) is 5.69 Å². The molecular weight excluding hydrogens is 236 g/mol. The van der Waals surface area contributed by atoms with Crippen LogP contribution >= 0.6 is 0 Å². The summed E-state index contributed by atoms with van der Waals surface area (Å²) in [5, 5.41) is 3.31. The molecule has 1 saturated heterocycles. The smallest absolute Gasteiger partial charge is 0.206 e. The molecule has 4 nitrogen and oxygen atoms in total. The molecule has 2 rings (SSSR count). The Hall–Kier alpha value is -1.29. The lowest BCUT2D eigenvalue weighted by Crippen LogP contribution is -2.46. The number of aromatic nitrogens is 2. The Morgan fingerprint density at radius 3 is 3.05 bits per heavy atom. The van der Waals surface area contributed by atoms with Crippen LogP contribution in [0.5, 0.6) is 0 Å². The van der Waals surface area contributed by atoms with Crippen LogP contribution in [0, 0.1) is 0 Å². The minimum atomic E-state index is 0.564. The molecule has 0 amide bonds. The highest BCUT2D eigenvalue weighted by molar-refractivity contribution is 5.36. The highest BCUT2D eigenvalue weighted by atomic mass is 15.3. The van der Waals surface area contributed by atoms with E-state index in [1.165, 1.54) is 25.0 Å². The number of rotatable bonds is 6. The van der Waals surface area contributed by atoms with Gasteiger partial charge in [-0.15, -0.1) is 6.58 Å². The zero-order valence-electron chi connectivity index (χ0n) is 12.2. The van der Waals surface area contributed by atoms with Crippen molar-refractivity contribution in [3.05, 3.63) is 24.5 Å². The summed E-state index contributed by atoms with van der Waals surface area (Å²) >= 11 is 0. The third-order valence-electron chi connectivity index (χ3n) is 3.82. The Labute approximate surface area is 116 Å². The van der Waals surface area contributed by atoms with Gasteiger partial charge in [-0.1, -0.05) is 13.0 Å². The molecule has 1 unspecified atom stereocenters. The molecule has 4 heteroatoms. The van der Waals surface area contributed by atoms with Crippen molar-refractivity contribution in [1.29, 1.82) is 0 Å². The van der Waals surface area contributed by atoms with Gasteiger partial charge in [0.1, 0.15) is 0 Å². The zero-order valence-corrected chi connectivity index (χ0v) is 12.2. The molecule has 1 aliphatic rings. The van der Waals surface area contributed by atoms with Crippen molar-refractivity contribution in [3.8, 4) is 0 Å². The number of piperidine rings is 1. The van der Waals surface area contributed by atoms with Crippen molar-refractivity contribution in [2.75, 3.05) is 25.0 Å². The maximum Gasteiger partial charge on any atom is 0.206 e. The van der Waals surface area contributed by atoms with Crippen molar-refractivity contribution in [2.45, 2.75) is 45.2 Å².